The first-order valence-corrected chi connectivity index (χ1v) is 11.8. The number of amides is 1. The van der Waals surface area contributed by atoms with Gasteiger partial charge in [-0.2, -0.15) is 0 Å². The zero-order chi connectivity index (χ0) is 25.4. The summed E-state index contributed by atoms with van der Waals surface area (Å²) in [6.07, 6.45) is 1.85. The Morgan fingerprint density at radius 2 is 1.82 bits per heavy atom. The van der Waals surface area contributed by atoms with Gasteiger partial charge in [0.25, 0.3) is 5.56 Å². The lowest BCUT2D eigenvalue weighted by atomic mass is 9.91. The van der Waals surface area contributed by atoms with E-state index in [1.165, 1.54) is 0 Å². The van der Waals surface area contributed by atoms with Crippen molar-refractivity contribution < 1.29 is 14.3 Å². The molecule has 2 aromatic heterocycles. The van der Waals surface area contributed by atoms with Gasteiger partial charge in [-0.3, -0.25) is 9.78 Å². The fraction of sp³-hybridized carbons (Fsp3) is 0.500. The minimum atomic E-state index is -0.702. The third-order valence-corrected chi connectivity index (χ3v) is 5.78. The SMILES string of the molecule is Cc1cc2c3cc(Cl)c(OCC(C)(CC(C)C)NC(=O)OC(C)(C)C)cc3c(=O)n(C)c2cn1. The second kappa shape index (κ2) is 9.45. The van der Waals surface area contributed by atoms with Crippen LogP contribution >= 0.6 is 11.6 Å². The minimum Gasteiger partial charge on any atom is -0.490 e. The van der Waals surface area contributed by atoms with E-state index in [1.54, 1.807) is 29.9 Å². The van der Waals surface area contributed by atoms with Gasteiger partial charge in [0.05, 0.1) is 27.7 Å². The minimum absolute atomic E-state index is 0.159. The van der Waals surface area contributed by atoms with Crippen LogP contribution in [0.3, 0.4) is 0 Å². The van der Waals surface area contributed by atoms with E-state index >= 15 is 0 Å². The second-order valence-electron chi connectivity index (χ2n) is 10.6. The molecule has 34 heavy (non-hydrogen) atoms. The maximum absolute atomic E-state index is 13.1. The number of benzene rings is 1. The average molecular weight is 488 g/mol. The fourth-order valence-corrected chi connectivity index (χ4v) is 4.44. The highest BCUT2D eigenvalue weighted by Gasteiger charge is 2.31. The van der Waals surface area contributed by atoms with E-state index in [9.17, 15) is 9.59 Å². The largest absolute Gasteiger partial charge is 0.490 e. The molecule has 1 unspecified atom stereocenters. The monoisotopic (exact) mass is 487 g/mol. The van der Waals surface area contributed by atoms with Gasteiger partial charge in [-0.1, -0.05) is 25.4 Å². The van der Waals surface area contributed by atoms with Crippen molar-refractivity contribution in [1.29, 1.82) is 0 Å². The molecular weight excluding hydrogens is 454 g/mol. The third-order valence-electron chi connectivity index (χ3n) is 5.49. The first-order chi connectivity index (χ1) is 15.7. The van der Waals surface area contributed by atoms with Gasteiger partial charge in [-0.05, 0) is 70.5 Å². The summed E-state index contributed by atoms with van der Waals surface area (Å²) in [4.78, 5) is 29.9. The van der Waals surface area contributed by atoms with E-state index < -0.39 is 17.2 Å². The molecule has 7 nitrogen and oxygen atoms in total. The van der Waals surface area contributed by atoms with Gasteiger partial charge in [0.2, 0.25) is 0 Å². The molecule has 0 spiro atoms. The smallest absolute Gasteiger partial charge is 0.408 e. The predicted molar refractivity (Wildman–Crippen MR) is 137 cm³/mol. The number of aromatic nitrogens is 2. The van der Waals surface area contributed by atoms with Crippen LogP contribution in [0.25, 0.3) is 21.7 Å². The van der Waals surface area contributed by atoms with Crippen LogP contribution in [-0.4, -0.2) is 33.4 Å². The molecule has 0 saturated heterocycles. The van der Waals surface area contributed by atoms with Gasteiger partial charge in [-0.25, -0.2) is 4.79 Å². The summed E-state index contributed by atoms with van der Waals surface area (Å²) in [7, 11) is 1.72. The summed E-state index contributed by atoms with van der Waals surface area (Å²) < 4.78 is 13.1. The summed E-state index contributed by atoms with van der Waals surface area (Å²) in [5, 5.41) is 5.50. The third kappa shape index (κ3) is 5.81. The van der Waals surface area contributed by atoms with Crippen molar-refractivity contribution in [3.63, 3.8) is 0 Å². The van der Waals surface area contributed by atoms with E-state index in [0.29, 0.717) is 28.5 Å². The van der Waals surface area contributed by atoms with Crippen LogP contribution in [0.5, 0.6) is 5.75 Å². The van der Waals surface area contributed by atoms with Crippen molar-refractivity contribution in [2.75, 3.05) is 6.61 Å². The Morgan fingerprint density at radius 3 is 2.44 bits per heavy atom. The molecule has 3 aromatic rings. The zero-order valence-corrected chi connectivity index (χ0v) is 22.0. The lowest BCUT2D eigenvalue weighted by molar-refractivity contribution is 0.0408. The molecule has 0 saturated carbocycles. The first-order valence-electron chi connectivity index (χ1n) is 11.4. The number of fused-ring (bicyclic) bond motifs is 3. The number of nitrogens with zero attached hydrogens (tertiary/aromatic N) is 2. The molecular formula is C26H34ClN3O4. The van der Waals surface area contributed by atoms with Gasteiger partial charge in [0.15, 0.2) is 0 Å². The highest BCUT2D eigenvalue weighted by atomic mass is 35.5. The highest BCUT2D eigenvalue weighted by molar-refractivity contribution is 6.33. The van der Waals surface area contributed by atoms with E-state index in [0.717, 1.165) is 22.0 Å². The van der Waals surface area contributed by atoms with Crippen molar-refractivity contribution in [3.8, 4) is 5.75 Å². The Bertz CT molecular complexity index is 1290. The number of pyridine rings is 2. The molecule has 8 heteroatoms. The van der Waals surface area contributed by atoms with Crippen LogP contribution < -0.4 is 15.6 Å². The Morgan fingerprint density at radius 1 is 1.15 bits per heavy atom. The predicted octanol–water partition coefficient (Wildman–Crippen LogP) is 5.76. The highest BCUT2D eigenvalue weighted by Crippen LogP contribution is 2.33. The standard InChI is InChI=1S/C26H34ClN3O4/c1-15(2)12-26(7,29-24(32)34-25(4,5)6)14-33-22-11-19-17(10-20(22)27)18-9-16(3)28-13-21(18)30(8)23(19)31/h9-11,13,15H,12,14H2,1-8H3,(H,29,32). The topological polar surface area (TPSA) is 82.5 Å². The van der Waals surface area contributed by atoms with Crippen molar-refractivity contribution in [2.45, 2.75) is 66.0 Å². The van der Waals surface area contributed by atoms with E-state index in [4.69, 9.17) is 21.1 Å². The fourth-order valence-electron chi connectivity index (χ4n) is 4.22. The average Bonchev–Trinajstić information content (AvgIpc) is 2.68. The molecule has 3 rings (SSSR count). The lowest BCUT2D eigenvalue weighted by Gasteiger charge is -2.33. The summed E-state index contributed by atoms with van der Waals surface area (Å²) in [6, 6.07) is 5.38. The van der Waals surface area contributed by atoms with E-state index in [1.807, 2.05) is 40.7 Å². The number of carbonyl (C=O) groups is 1. The van der Waals surface area contributed by atoms with Gasteiger partial charge >= 0.3 is 6.09 Å². The van der Waals surface area contributed by atoms with Gasteiger partial charge in [0.1, 0.15) is 18.0 Å². The first kappa shape index (κ1) is 25.8. The maximum Gasteiger partial charge on any atom is 0.408 e. The van der Waals surface area contributed by atoms with Gasteiger partial charge in [0, 0.05) is 18.1 Å². The van der Waals surface area contributed by atoms with Crippen LogP contribution in [-0.2, 0) is 11.8 Å². The van der Waals surface area contributed by atoms with Crippen LogP contribution in [0.15, 0.2) is 29.2 Å². The maximum atomic E-state index is 13.1. The van der Waals surface area contributed by atoms with Gasteiger partial charge < -0.3 is 19.4 Å². The summed E-state index contributed by atoms with van der Waals surface area (Å²) in [6.45, 7) is 13.6. The second-order valence-corrected chi connectivity index (χ2v) is 11.0. The molecule has 184 valence electrons. The molecule has 0 aliphatic heterocycles. The number of carbonyl (C=O) groups excluding carboxylic acids is 1. The van der Waals surface area contributed by atoms with Crippen LogP contribution in [0, 0.1) is 12.8 Å². The van der Waals surface area contributed by atoms with Crippen LogP contribution in [0.2, 0.25) is 5.02 Å². The number of aryl methyl sites for hydroxylation is 2. The molecule has 2 heterocycles. The Kier molecular flexibility index (Phi) is 7.18. The Hall–Kier alpha value is -2.80. The van der Waals surface area contributed by atoms with Crippen molar-refractivity contribution in [2.24, 2.45) is 13.0 Å². The normalized spacial score (nSPS) is 13.8. The van der Waals surface area contributed by atoms with E-state index in [2.05, 4.69) is 24.1 Å². The number of ether oxygens (including phenoxy) is 2. The number of nitrogens with one attached hydrogen (secondary N) is 1. The summed E-state index contributed by atoms with van der Waals surface area (Å²) in [5.41, 5.74) is 0.112. The summed E-state index contributed by atoms with van der Waals surface area (Å²) >= 11 is 6.60. The van der Waals surface area contributed by atoms with Gasteiger partial charge in [-0.15, -0.1) is 0 Å². The Labute approximate surface area is 205 Å². The number of hydrogen-bond donors (Lipinski definition) is 1. The molecule has 0 fully saturated rings. The number of rotatable bonds is 6. The van der Waals surface area contributed by atoms with Crippen LogP contribution in [0.1, 0.15) is 53.7 Å². The molecule has 1 aromatic carbocycles. The van der Waals surface area contributed by atoms with Crippen molar-refractivity contribution in [1.82, 2.24) is 14.9 Å². The lowest BCUT2D eigenvalue weighted by Crippen LogP contribution is -2.52. The van der Waals surface area contributed by atoms with E-state index in [-0.39, 0.29) is 12.2 Å². The number of hydrogen-bond acceptors (Lipinski definition) is 5. The van der Waals surface area contributed by atoms with Crippen LogP contribution in [0.4, 0.5) is 4.79 Å². The number of halogens is 1. The molecule has 1 atom stereocenters. The molecule has 0 radical (unpaired) electrons. The Balaban J connectivity index is 1.97. The quantitative estimate of drug-likeness (QED) is 0.447. The van der Waals surface area contributed by atoms with Crippen molar-refractivity contribution in [3.05, 3.63) is 45.5 Å². The molecule has 0 aliphatic rings. The molecule has 1 amide bonds. The molecule has 1 N–H and O–H groups in total. The number of alkyl carbamates (subject to hydrolysis) is 1. The zero-order valence-electron chi connectivity index (χ0n) is 21.2. The molecule has 0 aliphatic carbocycles. The molecule has 0 bridgehead atoms. The van der Waals surface area contributed by atoms with Crippen molar-refractivity contribution >= 4 is 39.4 Å². The summed E-state index contributed by atoms with van der Waals surface area (Å²) in [5.74, 6) is 0.684.